The molecule has 2 aromatic heterocycles. The number of nitrogens with one attached hydrogen (secondary N) is 1. The Kier molecular flexibility index (Phi) is 6.11. The number of fused-ring (bicyclic) bond motifs is 3. The lowest BCUT2D eigenvalue weighted by molar-refractivity contribution is 0.238. The van der Waals surface area contributed by atoms with Crippen LogP contribution in [0.1, 0.15) is 30.4 Å². The highest BCUT2D eigenvalue weighted by Crippen LogP contribution is 2.32. The van der Waals surface area contributed by atoms with Crippen LogP contribution in [0.25, 0.3) is 22.8 Å². The first-order valence-electron chi connectivity index (χ1n) is 12.3. The quantitative estimate of drug-likeness (QED) is 0.410. The Bertz CT molecular complexity index is 1300. The predicted octanol–water partition coefficient (Wildman–Crippen LogP) is 4.90. The van der Waals surface area contributed by atoms with Gasteiger partial charge >= 0.3 is 6.01 Å². The number of anilines is 2. The summed E-state index contributed by atoms with van der Waals surface area (Å²) in [7, 11) is 0. The summed E-state index contributed by atoms with van der Waals surface area (Å²) in [5.41, 5.74) is 6.02. The van der Waals surface area contributed by atoms with Crippen LogP contribution in [0, 0.1) is 0 Å². The molecule has 4 aromatic rings. The normalized spacial score (nSPS) is 15.3. The molecule has 0 unspecified atom stereocenters. The molecule has 6 rings (SSSR count). The number of nitrogens with zero attached hydrogens (tertiary/aromatic N) is 5. The topological polar surface area (TPSA) is 89.2 Å². The molecule has 0 saturated carbocycles. The molecule has 0 radical (unpaired) electrons. The average molecular weight is 469 g/mol. The van der Waals surface area contributed by atoms with Crippen LogP contribution >= 0.6 is 0 Å². The first-order valence-corrected chi connectivity index (χ1v) is 12.3. The second-order valence-electron chi connectivity index (χ2n) is 9.07. The Balaban J connectivity index is 1.11. The third kappa shape index (κ3) is 4.88. The molecule has 35 heavy (non-hydrogen) atoms. The van der Waals surface area contributed by atoms with Crippen LogP contribution in [-0.4, -0.2) is 51.5 Å². The maximum Gasteiger partial charge on any atom is 0.320 e. The van der Waals surface area contributed by atoms with Crippen LogP contribution in [0.15, 0.2) is 59.0 Å². The number of rotatable bonds is 7. The highest BCUT2D eigenvalue weighted by Gasteiger charge is 2.19. The molecule has 3 heterocycles. The van der Waals surface area contributed by atoms with E-state index in [2.05, 4.69) is 48.8 Å². The Morgan fingerprint density at radius 1 is 0.857 bits per heavy atom. The molecule has 2 aromatic carbocycles. The number of aryl methyl sites for hydroxylation is 2. The van der Waals surface area contributed by atoms with Crippen molar-refractivity contribution in [1.82, 2.24) is 25.3 Å². The molecular weight excluding hydrogens is 440 g/mol. The number of hydrogen-bond acceptors (Lipinski definition) is 8. The zero-order valence-corrected chi connectivity index (χ0v) is 19.6. The van der Waals surface area contributed by atoms with Crippen LogP contribution in [0.2, 0.25) is 0 Å². The SMILES string of the molecule is c1ccc2c(c1)CCCc1cc(-c3nnc(Nc4ccc(OCCN5CCCC5)cc4)o3)nnc1-2. The zero-order chi connectivity index (χ0) is 23.5. The van der Waals surface area contributed by atoms with Crippen molar-refractivity contribution >= 4 is 11.7 Å². The van der Waals surface area contributed by atoms with Crippen molar-refractivity contribution in [2.45, 2.75) is 32.1 Å². The van der Waals surface area contributed by atoms with E-state index in [9.17, 15) is 0 Å². The molecule has 0 bridgehead atoms. The van der Waals surface area contributed by atoms with Gasteiger partial charge in [-0.1, -0.05) is 29.4 Å². The van der Waals surface area contributed by atoms with Crippen LogP contribution in [0.4, 0.5) is 11.7 Å². The van der Waals surface area contributed by atoms with Gasteiger partial charge in [0.05, 0.1) is 5.69 Å². The van der Waals surface area contributed by atoms with E-state index in [1.807, 2.05) is 36.4 Å². The summed E-state index contributed by atoms with van der Waals surface area (Å²) in [4.78, 5) is 2.44. The van der Waals surface area contributed by atoms with E-state index in [1.54, 1.807) is 0 Å². The van der Waals surface area contributed by atoms with Gasteiger partial charge in [0.25, 0.3) is 5.89 Å². The zero-order valence-electron chi connectivity index (χ0n) is 19.6. The molecule has 1 fully saturated rings. The van der Waals surface area contributed by atoms with Gasteiger partial charge in [0.1, 0.15) is 12.4 Å². The summed E-state index contributed by atoms with van der Waals surface area (Å²) in [6.07, 6.45) is 5.65. The summed E-state index contributed by atoms with van der Waals surface area (Å²) >= 11 is 0. The predicted molar refractivity (Wildman–Crippen MR) is 134 cm³/mol. The number of ether oxygens (including phenoxy) is 1. The molecule has 8 heteroatoms. The number of benzene rings is 2. The van der Waals surface area contributed by atoms with Gasteiger partial charge in [-0.3, -0.25) is 4.90 Å². The van der Waals surface area contributed by atoms with E-state index < -0.39 is 0 Å². The number of likely N-dealkylation sites (tertiary alicyclic amines) is 1. The second-order valence-corrected chi connectivity index (χ2v) is 9.07. The van der Waals surface area contributed by atoms with Crippen molar-refractivity contribution in [2.24, 2.45) is 0 Å². The van der Waals surface area contributed by atoms with Gasteiger partial charge in [-0.15, -0.1) is 15.3 Å². The summed E-state index contributed by atoms with van der Waals surface area (Å²) in [6, 6.07) is 18.5. The van der Waals surface area contributed by atoms with Gasteiger partial charge in [0.15, 0.2) is 5.69 Å². The van der Waals surface area contributed by atoms with Crippen LogP contribution in [0.3, 0.4) is 0 Å². The van der Waals surface area contributed by atoms with Crippen LogP contribution in [0.5, 0.6) is 5.75 Å². The van der Waals surface area contributed by atoms with Crippen molar-refractivity contribution in [3.63, 3.8) is 0 Å². The van der Waals surface area contributed by atoms with E-state index >= 15 is 0 Å². The summed E-state index contributed by atoms with van der Waals surface area (Å²) in [5, 5.41) is 20.4. The lowest BCUT2D eigenvalue weighted by Crippen LogP contribution is -2.25. The molecule has 2 aliphatic rings. The summed E-state index contributed by atoms with van der Waals surface area (Å²) in [6.45, 7) is 4.04. The van der Waals surface area contributed by atoms with Crippen molar-refractivity contribution < 1.29 is 9.15 Å². The van der Waals surface area contributed by atoms with Crippen molar-refractivity contribution in [3.8, 4) is 28.6 Å². The van der Waals surface area contributed by atoms with Gasteiger partial charge in [-0.25, -0.2) is 0 Å². The highest BCUT2D eigenvalue weighted by atomic mass is 16.5. The smallest absolute Gasteiger partial charge is 0.320 e. The molecule has 1 aliphatic carbocycles. The van der Waals surface area contributed by atoms with Crippen molar-refractivity contribution in [2.75, 3.05) is 31.6 Å². The van der Waals surface area contributed by atoms with Crippen molar-refractivity contribution in [1.29, 1.82) is 0 Å². The summed E-state index contributed by atoms with van der Waals surface area (Å²) in [5.74, 6) is 1.20. The molecule has 0 spiro atoms. The van der Waals surface area contributed by atoms with Crippen LogP contribution in [-0.2, 0) is 12.8 Å². The Morgan fingerprint density at radius 3 is 2.57 bits per heavy atom. The summed E-state index contributed by atoms with van der Waals surface area (Å²) < 4.78 is 11.7. The maximum absolute atomic E-state index is 5.88. The van der Waals surface area contributed by atoms with Crippen LogP contribution < -0.4 is 10.1 Å². The molecule has 1 saturated heterocycles. The number of hydrogen-bond donors (Lipinski definition) is 1. The molecule has 1 aliphatic heterocycles. The molecule has 8 nitrogen and oxygen atoms in total. The first-order chi connectivity index (χ1) is 17.3. The average Bonchev–Trinajstić information content (AvgIpc) is 3.54. The third-order valence-electron chi connectivity index (χ3n) is 6.66. The second kappa shape index (κ2) is 9.84. The largest absolute Gasteiger partial charge is 0.492 e. The van der Waals surface area contributed by atoms with E-state index in [0.29, 0.717) is 24.2 Å². The Morgan fingerprint density at radius 2 is 1.69 bits per heavy atom. The molecule has 178 valence electrons. The lowest BCUT2D eigenvalue weighted by Gasteiger charge is -2.15. The minimum atomic E-state index is 0.310. The van der Waals surface area contributed by atoms with E-state index in [4.69, 9.17) is 9.15 Å². The van der Waals surface area contributed by atoms with E-state index in [-0.39, 0.29) is 0 Å². The lowest BCUT2D eigenvalue weighted by atomic mass is 10.0. The molecular formula is C27H28N6O2. The fourth-order valence-corrected chi connectivity index (χ4v) is 4.82. The standard InChI is InChI=1S/C27H28N6O2/c1-2-9-23-19(6-1)7-5-8-20-18-24(29-30-25(20)23)26-31-32-27(35-26)28-21-10-12-22(13-11-21)34-17-16-33-14-3-4-15-33/h1-2,6,9-13,18H,3-5,7-8,14-17H2,(H,28,32). The maximum atomic E-state index is 5.88. The first kappa shape index (κ1) is 21.7. The Hall–Kier alpha value is -3.78. The minimum absolute atomic E-state index is 0.310. The van der Waals surface area contributed by atoms with Gasteiger partial charge in [0, 0.05) is 17.8 Å². The molecule has 0 atom stereocenters. The van der Waals surface area contributed by atoms with Gasteiger partial charge in [0.2, 0.25) is 0 Å². The van der Waals surface area contributed by atoms with Crippen molar-refractivity contribution in [3.05, 3.63) is 65.7 Å². The number of aromatic nitrogens is 4. The van der Waals surface area contributed by atoms with E-state index in [0.717, 1.165) is 54.1 Å². The molecule has 0 amide bonds. The monoisotopic (exact) mass is 468 g/mol. The molecule has 1 N–H and O–H groups in total. The fraction of sp³-hybridized carbons (Fsp3) is 0.333. The minimum Gasteiger partial charge on any atom is -0.492 e. The third-order valence-corrected chi connectivity index (χ3v) is 6.66. The fourth-order valence-electron chi connectivity index (χ4n) is 4.82. The van der Waals surface area contributed by atoms with Gasteiger partial charge in [-0.05, 0) is 86.7 Å². The highest BCUT2D eigenvalue weighted by molar-refractivity contribution is 5.69. The van der Waals surface area contributed by atoms with Gasteiger partial charge < -0.3 is 14.5 Å². The van der Waals surface area contributed by atoms with Gasteiger partial charge in [-0.2, -0.15) is 0 Å². The van der Waals surface area contributed by atoms with E-state index in [1.165, 1.54) is 31.5 Å². The Labute approximate surface area is 204 Å².